The number of methoxy groups -OCH3 is 1. The van der Waals surface area contributed by atoms with Gasteiger partial charge in [-0.3, -0.25) is 0 Å². The average Bonchev–Trinajstić information content (AvgIpc) is 2.15. The number of halogens is 3. The second-order valence-corrected chi connectivity index (χ2v) is 2.47. The summed E-state index contributed by atoms with van der Waals surface area (Å²) >= 11 is 0. The van der Waals surface area contributed by atoms with Gasteiger partial charge in [-0.2, -0.15) is 13.2 Å². The second kappa shape index (κ2) is 4.75. The van der Waals surface area contributed by atoms with E-state index in [-0.39, 0.29) is 5.48 Å². The third-order valence-corrected chi connectivity index (χ3v) is 1.50. The van der Waals surface area contributed by atoms with E-state index in [9.17, 15) is 22.8 Å². The highest BCUT2D eigenvalue weighted by Gasteiger charge is 2.37. The number of rotatable bonds is 1. The summed E-state index contributed by atoms with van der Waals surface area (Å²) in [4.78, 5) is 25.9. The predicted molar refractivity (Wildman–Crippen MR) is 44.8 cm³/mol. The number of alkyl halides is 3. The number of carbonyl (C=O) groups excluding carboxylic acids is 1. The van der Waals surface area contributed by atoms with Crippen LogP contribution in [0.2, 0.25) is 0 Å². The van der Waals surface area contributed by atoms with Crippen LogP contribution in [-0.2, 0) is 10.9 Å². The minimum absolute atomic E-state index is 0. The molecule has 1 heterocycles. The van der Waals surface area contributed by atoms with Gasteiger partial charge in [-0.15, -0.1) is 0 Å². The van der Waals surface area contributed by atoms with Crippen LogP contribution in [0.25, 0.3) is 0 Å². The quantitative estimate of drug-likeness (QED) is 0.683. The number of ether oxygens (including phenoxy) is 1. The molecule has 3 N–H and O–H groups in total. The molecule has 0 aliphatic heterocycles. The number of carbonyl (C=O) groups is 1. The molecular weight excluding hydrogens is 233 g/mol. The van der Waals surface area contributed by atoms with Crippen molar-refractivity contribution in [1.82, 2.24) is 9.97 Å². The molecule has 0 fully saturated rings. The molecule has 1 aromatic rings. The molecule has 16 heavy (non-hydrogen) atoms. The Morgan fingerprint density at radius 3 is 2.50 bits per heavy atom. The van der Waals surface area contributed by atoms with Crippen molar-refractivity contribution in [2.75, 3.05) is 7.11 Å². The Bertz CT molecular complexity index is 440. The minimum atomic E-state index is -4.84. The zero-order chi connectivity index (χ0) is 11.6. The van der Waals surface area contributed by atoms with Crippen LogP contribution >= 0.6 is 0 Å². The van der Waals surface area contributed by atoms with Gasteiger partial charge >= 0.3 is 17.8 Å². The average molecular weight is 240 g/mol. The van der Waals surface area contributed by atoms with Gasteiger partial charge in [-0.25, -0.2) is 14.6 Å². The standard InChI is InChI=1S/C7H5F3N2O3.H2O/c1-15-5(13)3-2-11-6(14)12-4(3)7(8,9)10;/h2H,1H3,(H,11,12,14);1H2. The summed E-state index contributed by atoms with van der Waals surface area (Å²) in [6.07, 6.45) is -4.32. The summed E-state index contributed by atoms with van der Waals surface area (Å²) in [6.45, 7) is 0. The number of aromatic amines is 1. The van der Waals surface area contributed by atoms with E-state index in [0.29, 0.717) is 6.20 Å². The zero-order valence-corrected chi connectivity index (χ0v) is 7.88. The summed E-state index contributed by atoms with van der Waals surface area (Å²) in [6, 6.07) is 0. The van der Waals surface area contributed by atoms with Crippen LogP contribution in [0.3, 0.4) is 0 Å². The van der Waals surface area contributed by atoms with Crippen LogP contribution in [0.1, 0.15) is 16.1 Å². The molecule has 0 amide bonds. The fraction of sp³-hybridized carbons (Fsp3) is 0.286. The minimum Gasteiger partial charge on any atom is -0.465 e. The van der Waals surface area contributed by atoms with Crippen molar-refractivity contribution < 1.29 is 28.2 Å². The predicted octanol–water partition coefficient (Wildman–Crippen LogP) is -0.249. The number of aromatic nitrogens is 2. The molecular formula is C7H7F3N2O4. The third kappa shape index (κ3) is 2.79. The van der Waals surface area contributed by atoms with Crippen LogP contribution in [0.5, 0.6) is 0 Å². The molecule has 0 spiro atoms. The zero-order valence-electron chi connectivity index (χ0n) is 7.88. The van der Waals surface area contributed by atoms with Crippen molar-refractivity contribution in [2.24, 2.45) is 0 Å². The Kier molecular flexibility index (Phi) is 4.18. The molecule has 0 aromatic carbocycles. The number of nitrogens with zero attached hydrogens (tertiary/aromatic N) is 1. The first kappa shape index (κ1) is 14.1. The van der Waals surface area contributed by atoms with Gasteiger partial charge in [-0.05, 0) is 0 Å². The lowest BCUT2D eigenvalue weighted by Gasteiger charge is -2.09. The van der Waals surface area contributed by atoms with Crippen molar-refractivity contribution in [3.8, 4) is 0 Å². The first-order valence-corrected chi connectivity index (χ1v) is 3.61. The fourth-order valence-corrected chi connectivity index (χ4v) is 0.883. The Morgan fingerprint density at radius 2 is 2.06 bits per heavy atom. The summed E-state index contributed by atoms with van der Waals surface area (Å²) in [5, 5.41) is 0. The lowest BCUT2D eigenvalue weighted by atomic mass is 10.2. The molecule has 1 rings (SSSR count). The highest BCUT2D eigenvalue weighted by Crippen LogP contribution is 2.29. The maximum atomic E-state index is 12.3. The van der Waals surface area contributed by atoms with E-state index in [2.05, 4.69) is 9.72 Å². The van der Waals surface area contributed by atoms with Crippen LogP contribution in [0, 0.1) is 0 Å². The summed E-state index contributed by atoms with van der Waals surface area (Å²) in [5.41, 5.74) is -3.48. The Morgan fingerprint density at radius 1 is 1.50 bits per heavy atom. The van der Waals surface area contributed by atoms with Gasteiger partial charge in [0.25, 0.3) is 0 Å². The number of H-pyrrole nitrogens is 1. The highest BCUT2D eigenvalue weighted by atomic mass is 19.4. The third-order valence-electron chi connectivity index (χ3n) is 1.50. The molecule has 90 valence electrons. The maximum Gasteiger partial charge on any atom is 0.432 e. The molecule has 0 saturated heterocycles. The van der Waals surface area contributed by atoms with Crippen molar-refractivity contribution in [3.05, 3.63) is 27.9 Å². The Balaban J connectivity index is 0.00000225. The molecule has 1 aromatic heterocycles. The van der Waals surface area contributed by atoms with Gasteiger partial charge in [0, 0.05) is 6.20 Å². The monoisotopic (exact) mass is 240 g/mol. The largest absolute Gasteiger partial charge is 0.465 e. The molecule has 9 heteroatoms. The van der Waals surface area contributed by atoms with E-state index in [1.165, 1.54) is 4.98 Å². The molecule has 0 atom stereocenters. The van der Waals surface area contributed by atoms with Crippen LogP contribution in [-0.4, -0.2) is 28.5 Å². The molecule has 0 unspecified atom stereocenters. The van der Waals surface area contributed by atoms with Gasteiger partial charge in [0.05, 0.1) is 7.11 Å². The Labute approximate surface area is 86.4 Å². The van der Waals surface area contributed by atoms with E-state index in [1.54, 1.807) is 0 Å². The number of hydrogen-bond donors (Lipinski definition) is 1. The maximum absolute atomic E-state index is 12.3. The normalized spacial score (nSPS) is 10.5. The number of nitrogens with one attached hydrogen (secondary N) is 1. The SMILES string of the molecule is COC(=O)c1cnc(=O)[nH]c1C(F)(F)F.O. The molecule has 0 aliphatic carbocycles. The van der Waals surface area contributed by atoms with Crippen LogP contribution < -0.4 is 5.69 Å². The van der Waals surface area contributed by atoms with Gasteiger partial charge in [-0.1, -0.05) is 0 Å². The van der Waals surface area contributed by atoms with E-state index in [1.807, 2.05) is 0 Å². The van der Waals surface area contributed by atoms with Crippen molar-refractivity contribution in [3.63, 3.8) is 0 Å². The van der Waals surface area contributed by atoms with E-state index < -0.39 is 29.1 Å². The van der Waals surface area contributed by atoms with E-state index >= 15 is 0 Å². The molecule has 0 bridgehead atoms. The van der Waals surface area contributed by atoms with Gasteiger partial charge in [0.2, 0.25) is 0 Å². The summed E-state index contributed by atoms with van der Waals surface area (Å²) in [5.74, 6) is -1.22. The lowest BCUT2D eigenvalue weighted by molar-refractivity contribution is -0.142. The lowest BCUT2D eigenvalue weighted by Crippen LogP contribution is -2.23. The van der Waals surface area contributed by atoms with E-state index in [0.717, 1.165) is 7.11 Å². The van der Waals surface area contributed by atoms with Gasteiger partial charge in [0.15, 0.2) is 0 Å². The van der Waals surface area contributed by atoms with Gasteiger partial charge < -0.3 is 15.2 Å². The van der Waals surface area contributed by atoms with Crippen molar-refractivity contribution in [2.45, 2.75) is 6.18 Å². The summed E-state index contributed by atoms with van der Waals surface area (Å²) in [7, 11) is 0.924. The fourth-order valence-electron chi connectivity index (χ4n) is 0.883. The number of hydrogen-bond acceptors (Lipinski definition) is 4. The summed E-state index contributed by atoms with van der Waals surface area (Å²) < 4.78 is 41.1. The second-order valence-electron chi connectivity index (χ2n) is 2.47. The smallest absolute Gasteiger partial charge is 0.432 e. The highest BCUT2D eigenvalue weighted by molar-refractivity contribution is 5.90. The molecule has 0 radical (unpaired) electrons. The molecule has 6 nitrogen and oxygen atoms in total. The Hall–Kier alpha value is -1.90. The molecule has 0 aliphatic rings. The first-order valence-electron chi connectivity index (χ1n) is 3.61. The molecule has 0 saturated carbocycles. The van der Waals surface area contributed by atoms with Crippen molar-refractivity contribution >= 4 is 5.97 Å². The van der Waals surface area contributed by atoms with Gasteiger partial charge in [0.1, 0.15) is 11.3 Å². The first-order chi connectivity index (χ1) is 6.86. The van der Waals surface area contributed by atoms with Crippen molar-refractivity contribution in [1.29, 1.82) is 0 Å². The van der Waals surface area contributed by atoms with Crippen LogP contribution in [0.4, 0.5) is 13.2 Å². The van der Waals surface area contributed by atoms with E-state index in [4.69, 9.17) is 0 Å². The number of esters is 1. The van der Waals surface area contributed by atoms with Crippen LogP contribution in [0.15, 0.2) is 11.0 Å². The topological polar surface area (TPSA) is 104 Å².